The van der Waals surface area contributed by atoms with E-state index < -0.39 is 0 Å². The molecule has 1 amide bonds. The van der Waals surface area contributed by atoms with Gasteiger partial charge in [0.2, 0.25) is 5.91 Å². The Labute approximate surface area is 124 Å². The van der Waals surface area contributed by atoms with Crippen molar-refractivity contribution in [1.29, 1.82) is 0 Å². The molecule has 3 aliphatic rings. The minimum Gasteiger partial charge on any atom is -0.497 e. The van der Waals surface area contributed by atoms with Gasteiger partial charge < -0.3 is 14.8 Å². The largest absolute Gasteiger partial charge is 0.497 e. The number of hydrogen-bond donors (Lipinski definition) is 1. The lowest BCUT2D eigenvalue weighted by Gasteiger charge is -2.13. The molecule has 1 aromatic carbocycles. The maximum atomic E-state index is 12.6. The van der Waals surface area contributed by atoms with Gasteiger partial charge in [-0.15, -0.1) is 0 Å². The third-order valence-electron chi connectivity index (χ3n) is 5.70. The first kappa shape index (κ1) is 13.0. The van der Waals surface area contributed by atoms with Crippen molar-refractivity contribution < 1.29 is 14.3 Å². The minimum absolute atomic E-state index is 0.160. The van der Waals surface area contributed by atoms with Crippen molar-refractivity contribution in [2.24, 2.45) is 29.6 Å². The summed E-state index contributed by atoms with van der Waals surface area (Å²) in [7, 11) is 3.24. The maximum absolute atomic E-state index is 12.6. The lowest BCUT2D eigenvalue weighted by atomic mass is 10.0. The summed E-state index contributed by atoms with van der Waals surface area (Å²) >= 11 is 0. The highest BCUT2D eigenvalue weighted by molar-refractivity contribution is 5.96. The van der Waals surface area contributed by atoms with Crippen LogP contribution in [-0.2, 0) is 4.79 Å². The third kappa shape index (κ3) is 1.92. The predicted molar refractivity (Wildman–Crippen MR) is 79.5 cm³/mol. The number of fused-ring (bicyclic) bond motifs is 5. The molecule has 0 heterocycles. The van der Waals surface area contributed by atoms with Gasteiger partial charge in [0, 0.05) is 12.0 Å². The molecule has 0 aliphatic heterocycles. The average Bonchev–Trinajstić information content (AvgIpc) is 2.96. The average molecular weight is 287 g/mol. The summed E-state index contributed by atoms with van der Waals surface area (Å²) in [4.78, 5) is 12.6. The van der Waals surface area contributed by atoms with Gasteiger partial charge in [-0.1, -0.05) is 0 Å². The Hall–Kier alpha value is -1.71. The van der Waals surface area contributed by atoms with Crippen LogP contribution in [0.25, 0.3) is 0 Å². The Morgan fingerprint density at radius 3 is 2.48 bits per heavy atom. The van der Waals surface area contributed by atoms with Crippen LogP contribution in [0, 0.1) is 29.6 Å². The highest BCUT2D eigenvalue weighted by Gasteiger charge is 2.67. The normalized spacial score (nSPS) is 35.2. The van der Waals surface area contributed by atoms with Crippen LogP contribution < -0.4 is 14.8 Å². The van der Waals surface area contributed by atoms with Gasteiger partial charge in [-0.25, -0.2) is 0 Å². The Kier molecular flexibility index (Phi) is 2.88. The highest BCUT2D eigenvalue weighted by Crippen LogP contribution is 2.69. The zero-order valence-electron chi connectivity index (χ0n) is 12.5. The van der Waals surface area contributed by atoms with E-state index in [0.29, 0.717) is 23.3 Å². The zero-order chi connectivity index (χ0) is 14.6. The van der Waals surface area contributed by atoms with Crippen LogP contribution >= 0.6 is 0 Å². The Balaban J connectivity index is 1.50. The van der Waals surface area contributed by atoms with Gasteiger partial charge >= 0.3 is 0 Å². The number of carbonyl (C=O) groups is 1. The molecule has 3 aliphatic carbocycles. The number of methoxy groups -OCH3 is 2. The van der Waals surface area contributed by atoms with E-state index >= 15 is 0 Å². The number of nitrogens with one attached hydrogen (secondary N) is 1. The second-order valence-electron chi connectivity index (χ2n) is 6.57. The van der Waals surface area contributed by atoms with Crippen LogP contribution in [0.1, 0.15) is 19.3 Å². The lowest BCUT2D eigenvalue weighted by Crippen LogP contribution is -2.19. The summed E-state index contributed by atoms with van der Waals surface area (Å²) in [5.74, 6) is 4.71. The fourth-order valence-corrected chi connectivity index (χ4v) is 4.80. The quantitative estimate of drug-likeness (QED) is 0.926. The lowest BCUT2D eigenvalue weighted by molar-refractivity contribution is -0.118. The minimum atomic E-state index is 0.160. The van der Waals surface area contributed by atoms with Crippen molar-refractivity contribution in [2.45, 2.75) is 19.3 Å². The Morgan fingerprint density at radius 2 is 1.86 bits per heavy atom. The van der Waals surface area contributed by atoms with Gasteiger partial charge in [-0.3, -0.25) is 4.79 Å². The molecule has 0 unspecified atom stereocenters. The number of carbonyl (C=O) groups excluding carboxylic acids is 1. The van der Waals surface area contributed by atoms with E-state index in [2.05, 4.69) is 5.32 Å². The first-order valence-corrected chi connectivity index (χ1v) is 7.76. The number of amides is 1. The van der Waals surface area contributed by atoms with E-state index in [1.165, 1.54) is 19.3 Å². The van der Waals surface area contributed by atoms with Gasteiger partial charge in [0.25, 0.3) is 0 Å². The van der Waals surface area contributed by atoms with E-state index in [9.17, 15) is 4.79 Å². The Bertz CT molecular complexity index is 569. The SMILES string of the molecule is COc1ccc(OC)c(NC(=O)C2[C@@H]3[C@@H]4CC[C@H](C4)[C@@H]23)c1. The number of anilines is 1. The predicted octanol–water partition coefficient (Wildman–Crippen LogP) is 2.93. The first-order valence-electron chi connectivity index (χ1n) is 7.76. The van der Waals surface area contributed by atoms with E-state index in [4.69, 9.17) is 9.47 Å². The molecule has 2 bridgehead atoms. The fourth-order valence-electron chi connectivity index (χ4n) is 4.80. The summed E-state index contributed by atoms with van der Waals surface area (Å²) in [5.41, 5.74) is 0.708. The van der Waals surface area contributed by atoms with Crippen LogP contribution in [0.5, 0.6) is 11.5 Å². The fraction of sp³-hybridized carbons (Fsp3) is 0.588. The molecule has 0 radical (unpaired) electrons. The van der Waals surface area contributed by atoms with Crippen molar-refractivity contribution in [2.75, 3.05) is 19.5 Å². The standard InChI is InChI=1S/C17H21NO3/c1-20-11-5-6-13(21-2)12(8-11)18-17(19)16-14-9-3-4-10(7-9)15(14)16/h5-6,8-10,14-16H,3-4,7H2,1-2H3,(H,18,19)/t9-,10-,14-,15-/m1/s1. The molecule has 4 atom stereocenters. The van der Waals surface area contributed by atoms with Crippen LogP contribution in [-0.4, -0.2) is 20.1 Å². The summed E-state index contributed by atoms with van der Waals surface area (Å²) < 4.78 is 10.5. The molecular formula is C17H21NO3. The number of hydrogen-bond acceptors (Lipinski definition) is 3. The molecule has 0 spiro atoms. The van der Waals surface area contributed by atoms with Crippen LogP contribution in [0.3, 0.4) is 0 Å². The smallest absolute Gasteiger partial charge is 0.228 e. The molecule has 3 saturated carbocycles. The maximum Gasteiger partial charge on any atom is 0.228 e. The molecule has 4 heteroatoms. The highest BCUT2D eigenvalue weighted by atomic mass is 16.5. The molecular weight excluding hydrogens is 266 g/mol. The summed E-state index contributed by atoms with van der Waals surface area (Å²) in [6, 6.07) is 5.48. The van der Waals surface area contributed by atoms with Crippen LogP contribution in [0.2, 0.25) is 0 Å². The summed E-state index contributed by atoms with van der Waals surface area (Å²) in [6.07, 6.45) is 4.03. The number of benzene rings is 1. The van der Waals surface area contributed by atoms with E-state index in [1.54, 1.807) is 14.2 Å². The molecule has 3 fully saturated rings. The van der Waals surface area contributed by atoms with Gasteiger partial charge in [0.1, 0.15) is 11.5 Å². The molecule has 1 aromatic rings. The molecule has 0 aromatic heterocycles. The molecule has 4 nitrogen and oxygen atoms in total. The second-order valence-corrected chi connectivity index (χ2v) is 6.57. The monoisotopic (exact) mass is 287 g/mol. The van der Waals surface area contributed by atoms with E-state index in [-0.39, 0.29) is 11.8 Å². The zero-order valence-corrected chi connectivity index (χ0v) is 12.5. The molecule has 112 valence electrons. The van der Waals surface area contributed by atoms with Crippen molar-refractivity contribution >= 4 is 11.6 Å². The number of rotatable bonds is 4. The Morgan fingerprint density at radius 1 is 1.14 bits per heavy atom. The summed E-state index contributed by atoms with van der Waals surface area (Å²) in [6.45, 7) is 0. The third-order valence-corrected chi connectivity index (χ3v) is 5.70. The van der Waals surface area contributed by atoms with Crippen molar-refractivity contribution in [1.82, 2.24) is 0 Å². The van der Waals surface area contributed by atoms with E-state index in [0.717, 1.165) is 17.6 Å². The first-order chi connectivity index (χ1) is 10.2. The van der Waals surface area contributed by atoms with Crippen molar-refractivity contribution in [3.63, 3.8) is 0 Å². The van der Waals surface area contributed by atoms with Gasteiger partial charge in [-0.05, 0) is 55.1 Å². The van der Waals surface area contributed by atoms with Gasteiger partial charge in [-0.2, -0.15) is 0 Å². The molecule has 0 saturated heterocycles. The van der Waals surface area contributed by atoms with Crippen molar-refractivity contribution in [3.8, 4) is 11.5 Å². The molecule has 21 heavy (non-hydrogen) atoms. The topological polar surface area (TPSA) is 47.6 Å². The van der Waals surface area contributed by atoms with Crippen LogP contribution in [0.15, 0.2) is 18.2 Å². The molecule has 1 N–H and O–H groups in total. The summed E-state index contributed by atoms with van der Waals surface area (Å²) in [5, 5.41) is 3.05. The van der Waals surface area contributed by atoms with Gasteiger partial charge in [0.05, 0.1) is 19.9 Å². The number of ether oxygens (including phenoxy) is 2. The second kappa shape index (κ2) is 4.65. The molecule has 4 rings (SSSR count). The van der Waals surface area contributed by atoms with Crippen LogP contribution in [0.4, 0.5) is 5.69 Å². The van der Waals surface area contributed by atoms with Crippen molar-refractivity contribution in [3.05, 3.63) is 18.2 Å². The van der Waals surface area contributed by atoms with Gasteiger partial charge in [0.15, 0.2) is 0 Å². The van der Waals surface area contributed by atoms with E-state index in [1.807, 2.05) is 18.2 Å².